The second kappa shape index (κ2) is 8.50. The predicted molar refractivity (Wildman–Crippen MR) is 87.3 cm³/mol. The van der Waals surface area contributed by atoms with Crippen LogP contribution in [0.3, 0.4) is 0 Å². The van der Waals surface area contributed by atoms with Crippen molar-refractivity contribution in [3.8, 4) is 11.5 Å². The van der Waals surface area contributed by atoms with Crippen molar-refractivity contribution < 1.29 is 53.4 Å². The van der Waals surface area contributed by atoms with E-state index in [1.165, 1.54) is 12.1 Å². The summed E-state index contributed by atoms with van der Waals surface area (Å²) >= 11 is 0. The van der Waals surface area contributed by atoms with Crippen LogP contribution in [-0.2, 0) is 20.7 Å². The molecule has 1 fully saturated rings. The van der Waals surface area contributed by atoms with Crippen LogP contribution in [0.1, 0.15) is 9.68 Å². The van der Waals surface area contributed by atoms with Crippen molar-refractivity contribution in [1.29, 1.82) is 0 Å². The maximum atomic E-state index is 11.2. The summed E-state index contributed by atoms with van der Waals surface area (Å²) in [4.78, 5) is 22.1. The highest BCUT2D eigenvalue weighted by Gasteiger charge is 2.48. The number of methoxy groups -OCH3 is 1. The first-order valence-corrected chi connectivity index (χ1v) is 7.69. The number of hydrogen-bond acceptors (Lipinski definition) is 9. The lowest BCUT2D eigenvalue weighted by Crippen LogP contribution is -2.61. The van der Waals surface area contributed by atoms with Gasteiger partial charge in [0.25, 0.3) is 0 Å². The van der Waals surface area contributed by atoms with E-state index in [1.54, 1.807) is 0 Å². The monoisotopic (exact) mass is 390 g/mol. The number of aliphatic hydroxyl groups excluding tert-OH is 3. The molecular formula is C16H21NO10. The van der Waals surface area contributed by atoms with Crippen LogP contribution in [0.5, 0.6) is 11.5 Å². The topological polar surface area (TPSA) is 189 Å². The van der Waals surface area contributed by atoms with Gasteiger partial charge in [-0.1, -0.05) is 6.07 Å². The number of aliphatic hydroxyl groups is 3. The first kappa shape index (κ1) is 16.7. The summed E-state index contributed by atoms with van der Waals surface area (Å²) in [5.41, 5.74) is 5.75. The van der Waals surface area contributed by atoms with E-state index in [0.717, 1.165) is 6.07 Å². The molecule has 0 radical (unpaired) electrons. The normalized spacial score (nSPS) is 31.1. The Morgan fingerprint density at radius 2 is 1.93 bits per heavy atom. The van der Waals surface area contributed by atoms with Crippen molar-refractivity contribution in [3.63, 3.8) is 0 Å². The van der Waals surface area contributed by atoms with Crippen LogP contribution in [0.2, 0.25) is 0 Å². The summed E-state index contributed by atoms with van der Waals surface area (Å²) in [7, 11) is -2.93. The van der Waals surface area contributed by atoms with Crippen LogP contribution in [0.15, 0.2) is 18.2 Å². The van der Waals surface area contributed by atoms with Gasteiger partial charge in [0.15, 0.2) is 17.6 Å². The van der Waals surface area contributed by atoms with Gasteiger partial charge in [-0.3, -0.25) is 4.79 Å². The molecule has 0 aliphatic carbocycles. The van der Waals surface area contributed by atoms with Crippen LogP contribution < -0.4 is 15.2 Å². The molecule has 0 amide bonds. The van der Waals surface area contributed by atoms with Gasteiger partial charge in [-0.2, -0.15) is 0 Å². The Bertz CT molecular complexity index is 789. The van der Waals surface area contributed by atoms with E-state index in [0.29, 0.717) is 5.56 Å². The third-order valence-corrected chi connectivity index (χ3v) is 3.95. The zero-order valence-corrected chi connectivity index (χ0v) is 13.8. The number of ether oxygens (including phenoxy) is 3. The average Bonchev–Trinajstić information content (AvgIpc) is 2.62. The SMILES string of the molecule is [2H]C([2H])([2H])Oc1cc(C[C@H](N)C(=O)O)ccc1O[C@@H]1O[C@H](C(=O)O)[C@@H](O)[C@H](O)[C@H]1O. The lowest BCUT2D eigenvalue weighted by atomic mass is 9.99. The molecule has 150 valence electrons. The fourth-order valence-corrected chi connectivity index (χ4v) is 2.47. The molecular weight excluding hydrogens is 366 g/mol. The van der Waals surface area contributed by atoms with E-state index in [4.69, 9.17) is 34.3 Å². The minimum atomic E-state index is -2.93. The summed E-state index contributed by atoms with van der Waals surface area (Å²) in [6.07, 6.45) is -9.62. The van der Waals surface area contributed by atoms with Crippen molar-refractivity contribution >= 4 is 11.9 Å². The smallest absolute Gasteiger partial charge is 0.335 e. The number of carbonyl (C=O) groups is 2. The summed E-state index contributed by atoms with van der Waals surface area (Å²) in [6.45, 7) is 0. The summed E-state index contributed by atoms with van der Waals surface area (Å²) in [5, 5.41) is 47.6. The minimum absolute atomic E-state index is 0.165. The third-order valence-electron chi connectivity index (χ3n) is 3.95. The number of hydrogen-bond donors (Lipinski definition) is 6. The highest BCUT2D eigenvalue weighted by Crippen LogP contribution is 2.32. The molecule has 6 atom stereocenters. The summed E-state index contributed by atoms with van der Waals surface area (Å²) in [6, 6.07) is 2.40. The van der Waals surface area contributed by atoms with Crippen LogP contribution in [-0.4, -0.2) is 81.3 Å². The Balaban J connectivity index is 2.32. The van der Waals surface area contributed by atoms with Crippen LogP contribution in [0, 0.1) is 0 Å². The second-order valence-corrected chi connectivity index (χ2v) is 5.88. The van der Waals surface area contributed by atoms with Crippen LogP contribution >= 0.6 is 0 Å². The Kier molecular flexibility index (Phi) is 5.26. The highest BCUT2D eigenvalue weighted by atomic mass is 16.7. The average molecular weight is 390 g/mol. The largest absolute Gasteiger partial charge is 0.493 e. The van der Waals surface area contributed by atoms with Gasteiger partial charge in [-0.25, -0.2) is 4.79 Å². The molecule has 11 heteroatoms. The van der Waals surface area contributed by atoms with Gasteiger partial charge in [-0.05, 0) is 24.1 Å². The lowest BCUT2D eigenvalue weighted by molar-refractivity contribution is -0.271. The van der Waals surface area contributed by atoms with E-state index in [2.05, 4.69) is 0 Å². The molecule has 27 heavy (non-hydrogen) atoms. The maximum absolute atomic E-state index is 11.2. The van der Waals surface area contributed by atoms with E-state index in [-0.39, 0.29) is 12.2 Å². The van der Waals surface area contributed by atoms with Crippen molar-refractivity contribution in [2.75, 3.05) is 7.04 Å². The Morgan fingerprint density at radius 1 is 1.22 bits per heavy atom. The van der Waals surface area contributed by atoms with Crippen molar-refractivity contribution in [2.24, 2.45) is 5.73 Å². The van der Waals surface area contributed by atoms with Crippen molar-refractivity contribution in [1.82, 2.24) is 0 Å². The van der Waals surface area contributed by atoms with Crippen molar-refractivity contribution in [2.45, 2.75) is 43.2 Å². The predicted octanol–water partition coefficient (Wildman–Crippen LogP) is -2.08. The summed E-state index contributed by atoms with van der Waals surface area (Å²) < 4.78 is 36.9. The number of rotatable bonds is 7. The Morgan fingerprint density at radius 3 is 2.52 bits per heavy atom. The van der Waals surface area contributed by atoms with Crippen LogP contribution in [0.25, 0.3) is 0 Å². The Hall–Kier alpha value is -2.44. The second-order valence-electron chi connectivity index (χ2n) is 5.88. The van der Waals surface area contributed by atoms with Gasteiger partial charge >= 0.3 is 11.9 Å². The zero-order chi connectivity index (χ0) is 22.8. The molecule has 0 bridgehead atoms. The van der Waals surface area contributed by atoms with Gasteiger partial charge in [0.1, 0.15) is 24.4 Å². The molecule has 11 nitrogen and oxygen atoms in total. The van der Waals surface area contributed by atoms with E-state index < -0.39 is 61.5 Å². The Labute approximate surface area is 157 Å². The van der Waals surface area contributed by atoms with E-state index >= 15 is 0 Å². The fourth-order valence-electron chi connectivity index (χ4n) is 2.47. The molecule has 1 aromatic carbocycles. The first-order valence-electron chi connectivity index (χ1n) is 9.19. The summed E-state index contributed by atoms with van der Waals surface area (Å²) in [5.74, 6) is -3.61. The number of carboxylic acids is 2. The molecule has 0 saturated carbocycles. The molecule has 1 aromatic rings. The maximum Gasteiger partial charge on any atom is 0.335 e. The molecule has 2 rings (SSSR count). The number of carboxylic acid groups (broad SMARTS) is 2. The first-order chi connectivity index (χ1) is 13.8. The van der Waals surface area contributed by atoms with Crippen molar-refractivity contribution in [3.05, 3.63) is 23.8 Å². The van der Waals surface area contributed by atoms with E-state index in [1.807, 2.05) is 0 Å². The minimum Gasteiger partial charge on any atom is -0.493 e. The lowest BCUT2D eigenvalue weighted by Gasteiger charge is -2.38. The number of benzene rings is 1. The molecule has 7 N–H and O–H groups in total. The highest BCUT2D eigenvalue weighted by molar-refractivity contribution is 5.74. The molecule has 0 spiro atoms. The molecule has 0 aromatic heterocycles. The molecule has 0 unspecified atom stereocenters. The zero-order valence-electron chi connectivity index (χ0n) is 16.8. The van der Waals surface area contributed by atoms with Gasteiger partial charge < -0.3 is 45.5 Å². The molecule has 1 heterocycles. The van der Waals surface area contributed by atoms with Crippen LogP contribution in [0.4, 0.5) is 0 Å². The molecule has 1 aliphatic rings. The fraction of sp³-hybridized carbons (Fsp3) is 0.500. The molecule has 1 saturated heterocycles. The van der Waals surface area contributed by atoms with Gasteiger partial charge in [0.2, 0.25) is 6.29 Å². The van der Waals surface area contributed by atoms with Gasteiger partial charge in [0.05, 0.1) is 11.2 Å². The quantitative estimate of drug-likeness (QED) is 0.300. The number of aliphatic carboxylic acids is 2. The van der Waals surface area contributed by atoms with Gasteiger partial charge in [-0.15, -0.1) is 0 Å². The number of nitrogens with two attached hydrogens (primary N) is 1. The van der Waals surface area contributed by atoms with Gasteiger partial charge in [0, 0.05) is 0 Å². The standard InChI is InChI=1S/C16H21NO10/c1-25-9-5-6(4-7(17)14(21)22)2-3-8(9)26-16-12(20)10(18)11(19)13(27-16)15(23)24/h2-3,5,7,10-13,16,18-20H,4,17H2,1H3,(H,21,22)(H,23,24)/t7-,10-,11-,12+,13-,16+/m0/s1/i1D3. The molecule has 1 aliphatic heterocycles. The van der Waals surface area contributed by atoms with E-state index in [9.17, 15) is 24.9 Å². The third kappa shape index (κ3) is 4.64.